The van der Waals surface area contributed by atoms with Crippen molar-refractivity contribution in [3.05, 3.63) is 30.0 Å². The molecule has 3 heterocycles. The molecule has 2 aliphatic rings. The zero-order valence-electron chi connectivity index (χ0n) is 17.5. The minimum Gasteiger partial charge on any atom is -0.459 e. The van der Waals surface area contributed by atoms with Gasteiger partial charge in [-0.25, -0.2) is 4.68 Å². The summed E-state index contributed by atoms with van der Waals surface area (Å²) in [5, 5.41) is 12.9. The van der Waals surface area contributed by atoms with Crippen LogP contribution in [0.15, 0.2) is 22.8 Å². The number of furan rings is 1. The van der Waals surface area contributed by atoms with Crippen LogP contribution in [0.4, 0.5) is 0 Å². The maximum Gasteiger partial charge on any atom is 0.289 e. The van der Waals surface area contributed by atoms with E-state index in [1.165, 1.54) is 19.3 Å². The predicted molar refractivity (Wildman–Crippen MR) is 108 cm³/mol. The quantitative estimate of drug-likeness (QED) is 0.740. The standard InChI is InChI=1S/C21H32N6O2/c1-16(2)15-18(20-22-23-24-27(20)17-7-4-3-5-8-17)25-10-12-26(13-11-25)21(28)19-9-6-14-29-19/h6,9,14,16-18H,3-5,7-8,10-13,15H2,1-2H3/t18-/m0/s1. The number of hydrogen-bond donors (Lipinski definition) is 0. The molecule has 4 rings (SSSR count). The fourth-order valence-corrected chi connectivity index (χ4v) is 4.66. The molecule has 0 spiro atoms. The van der Waals surface area contributed by atoms with Crippen LogP contribution in [0.1, 0.15) is 80.8 Å². The van der Waals surface area contributed by atoms with E-state index in [9.17, 15) is 4.79 Å². The van der Waals surface area contributed by atoms with E-state index in [2.05, 4.69) is 39.0 Å². The summed E-state index contributed by atoms with van der Waals surface area (Å²) in [5.41, 5.74) is 0. The van der Waals surface area contributed by atoms with Crippen LogP contribution in [0, 0.1) is 5.92 Å². The first-order valence-corrected chi connectivity index (χ1v) is 11.0. The Morgan fingerprint density at radius 2 is 1.93 bits per heavy atom. The number of hydrogen-bond acceptors (Lipinski definition) is 6. The van der Waals surface area contributed by atoms with Crippen molar-refractivity contribution >= 4 is 5.91 Å². The van der Waals surface area contributed by atoms with Gasteiger partial charge in [0.15, 0.2) is 11.6 Å². The number of tetrazole rings is 1. The summed E-state index contributed by atoms with van der Waals surface area (Å²) >= 11 is 0. The van der Waals surface area contributed by atoms with E-state index in [4.69, 9.17) is 4.42 Å². The zero-order chi connectivity index (χ0) is 20.2. The third-order valence-electron chi connectivity index (χ3n) is 6.21. The van der Waals surface area contributed by atoms with E-state index < -0.39 is 0 Å². The first-order chi connectivity index (χ1) is 14.1. The highest BCUT2D eigenvalue weighted by atomic mass is 16.3. The number of carbonyl (C=O) groups excluding carboxylic acids is 1. The highest BCUT2D eigenvalue weighted by Crippen LogP contribution is 2.33. The second-order valence-corrected chi connectivity index (χ2v) is 8.72. The number of piperazine rings is 1. The number of rotatable bonds is 6. The van der Waals surface area contributed by atoms with E-state index in [1.807, 2.05) is 4.90 Å². The molecule has 1 saturated carbocycles. The SMILES string of the molecule is CC(C)C[C@@H](c1nnnn1C1CCCCC1)N1CCN(C(=O)c2ccco2)CC1. The van der Waals surface area contributed by atoms with E-state index in [-0.39, 0.29) is 11.9 Å². The van der Waals surface area contributed by atoms with Crippen molar-refractivity contribution in [1.29, 1.82) is 0 Å². The molecular formula is C21H32N6O2. The summed E-state index contributed by atoms with van der Waals surface area (Å²) in [6.45, 7) is 7.53. The molecule has 2 aromatic heterocycles. The lowest BCUT2D eigenvalue weighted by molar-refractivity contribution is 0.0496. The van der Waals surface area contributed by atoms with Crippen LogP contribution in [0.5, 0.6) is 0 Å². The summed E-state index contributed by atoms with van der Waals surface area (Å²) in [6, 6.07) is 4.10. The number of carbonyl (C=O) groups is 1. The normalized spacial score (nSPS) is 20.3. The Bertz CT molecular complexity index is 773. The van der Waals surface area contributed by atoms with Crippen molar-refractivity contribution in [3.8, 4) is 0 Å². The highest BCUT2D eigenvalue weighted by Gasteiger charge is 2.33. The van der Waals surface area contributed by atoms with Gasteiger partial charge in [0, 0.05) is 26.2 Å². The van der Waals surface area contributed by atoms with Crippen LogP contribution in [0.25, 0.3) is 0 Å². The van der Waals surface area contributed by atoms with Crippen LogP contribution in [-0.4, -0.2) is 62.1 Å². The Balaban J connectivity index is 1.47. The third-order valence-corrected chi connectivity index (χ3v) is 6.21. The first kappa shape index (κ1) is 20.1. The monoisotopic (exact) mass is 400 g/mol. The number of nitrogens with zero attached hydrogens (tertiary/aromatic N) is 6. The minimum atomic E-state index is -0.0258. The van der Waals surface area contributed by atoms with E-state index in [0.717, 1.165) is 38.2 Å². The molecule has 158 valence electrons. The summed E-state index contributed by atoms with van der Waals surface area (Å²) in [7, 11) is 0. The summed E-state index contributed by atoms with van der Waals surface area (Å²) in [5.74, 6) is 1.93. The lowest BCUT2D eigenvalue weighted by atomic mass is 9.94. The fraction of sp³-hybridized carbons (Fsp3) is 0.714. The van der Waals surface area contributed by atoms with Gasteiger partial charge < -0.3 is 9.32 Å². The lowest BCUT2D eigenvalue weighted by Crippen LogP contribution is -2.50. The number of amides is 1. The van der Waals surface area contributed by atoms with Crippen molar-refractivity contribution in [2.45, 2.75) is 64.5 Å². The molecule has 1 saturated heterocycles. The van der Waals surface area contributed by atoms with Gasteiger partial charge in [0.1, 0.15) is 0 Å². The molecule has 29 heavy (non-hydrogen) atoms. The molecule has 1 amide bonds. The van der Waals surface area contributed by atoms with E-state index in [0.29, 0.717) is 30.8 Å². The molecule has 2 aromatic rings. The smallest absolute Gasteiger partial charge is 0.289 e. The van der Waals surface area contributed by atoms with Crippen molar-refractivity contribution in [2.24, 2.45) is 5.92 Å². The van der Waals surface area contributed by atoms with Crippen LogP contribution < -0.4 is 0 Å². The van der Waals surface area contributed by atoms with Gasteiger partial charge in [-0.05, 0) is 47.7 Å². The summed E-state index contributed by atoms with van der Waals surface area (Å²) < 4.78 is 7.39. The van der Waals surface area contributed by atoms with Crippen molar-refractivity contribution in [2.75, 3.05) is 26.2 Å². The van der Waals surface area contributed by atoms with E-state index >= 15 is 0 Å². The van der Waals surface area contributed by atoms with Gasteiger partial charge in [0.25, 0.3) is 5.91 Å². The molecule has 0 bridgehead atoms. The number of aromatic nitrogens is 4. The largest absolute Gasteiger partial charge is 0.459 e. The van der Waals surface area contributed by atoms with Crippen LogP contribution in [0.2, 0.25) is 0 Å². The van der Waals surface area contributed by atoms with Gasteiger partial charge in [-0.2, -0.15) is 0 Å². The molecule has 8 heteroatoms. The Morgan fingerprint density at radius 1 is 1.17 bits per heavy atom. The van der Waals surface area contributed by atoms with Crippen molar-refractivity contribution in [3.63, 3.8) is 0 Å². The van der Waals surface area contributed by atoms with Crippen LogP contribution >= 0.6 is 0 Å². The molecular weight excluding hydrogens is 368 g/mol. The van der Waals surface area contributed by atoms with Gasteiger partial charge in [-0.3, -0.25) is 9.69 Å². The molecule has 1 aliphatic heterocycles. The average Bonchev–Trinajstić information content (AvgIpc) is 3.44. The molecule has 0 N–H and O–H groups in total. The Hall–Kier alpha value is -2.22. The van der Waals surface area contributed by atoms with Crippen molar-refractivity contribution in [1.82, 2.24) is 30.0 Å². The Kier molecular flexibility index (Phi) is 6.28. The van der Waals surface area contributed by atoms with Crippen LogP contribution in [0.3, 0.4) is 0 Å². The van der Waals surface area contributed by atoms with Gasteiger partial charge >= 0.3 is 0 Å². The van der Waals surface area contributed by atoms with Gasteiger partial charge in [0.2, 0.25) is 0 Å². The van der Waals surface area contributed by atoms with Gasteiger partial charge in [0.05, 0.1) is 18.3 Å². The predicted octanol–water partition coefficient (Wildman–Crippen LogP) is 3.32. The van der Waals surface area contributed by atoms with E-state index in [1.54, 1.807) is 18.4 Å². The second kappa shape index (κ2) is 9.07. The highest BCUT2D eigenvalue weighted by molar-refractivity contribution is 5.91. The fourth-order valence-electron chi connectivity index (χ4n) is 4.66. The zero-order valence-corrected chi connectivity index (χ0v) is 17.5. The molecule has 1 aliphatic carbocycles. The van der Waals surface area contributed by atoms with Crippen molar-refractivity contribution < 1.29 is 9.21 Å². The first-order valence-electron chi connectivity index (χ1n) is 11.0. The lowest BCUT2D eigenvalue weighted by Gasteiger charge is -2.39. The Labute approximate surface area is 172 Å². The molecule has 1 atom stereocenters. The third kappa shape index (κ3) is 4.52. The molecule has 0 aromatic carbocycles. The second-order valence-electron chi connectivity index (χ2n) is 8.72. The topological polar surface area (TPSA) is 80.3 Å². The summed E-state index contributed by atoms with van der Waals surface area (Å²) in [4.78, 5) is 16.9. The average molecular weight is 401 g/mol. The minimum absolute atomic E-state index is 0.0258. The maximum absolute atomic E-state index is 12.6. The molecule has 8 nitrogen and oxygen atoms in total. The van der Waals surface area contributed by atoms with Gasteiger partial charge in [-0.15, -0.1) is 5.10 Å². The molecule has 0 radical (unpaired) electrons. The summed E-state index contributed by atoms with van der Waals surface area (Å²) in [6.07, 6.45) is 8.72. The maximum atomic E-state index is 12.6. The molecule has 2 fully saturated rings. The van der Waals surface area contributed by atoms with Gasteiger partial charge in [-0.1, -0.05) is 33.1 Å². The van der Waals surface area contributed by atoms with Crippen LogP contribution in [-0.2, 0) is 0 Å². The molecule has 0 unspecified atom stereocenters. The Morgan fingerprint density at radius 3 is 2.59 bits per heavy atom.